The van der Waals surface area contributed by atoms with Gasteiger partial charge < -0.3 is 10.1 Å². The van der Waals surface area contributed by atoms with Crippen LogP contribution in [-0.2, 0) is 6.18 Å². The summed E-state index contributed by atoms with van der Waals surface area (Å²) in [6, 6.07) is 1.56. The van der Waals surface area contributed by atoms with Gasteiger partial charge in [-0.2, -0.15) is 13.2 Å². The van der Waals surface area contributed by atoms with Gasteiger partial charge in [0.2, 0.25) is 0 Å². The summed E-state index contributed by atoms with van der Waals surface area (Å²) in [4.78, 5) is 6.17. The van der Waals surface area contributed by atoms with Gasteiger partial charge in [-0.25, -0.2) is 4.98 Å². The Morgan fingerprint density at radius 1 is 1.29 bits per heavy atom. The lowest BCUT2D eigenvalue weighted by atomic mass is 10.2. The zero-order valence-electron chi connectivity index (χ0n) is 6.76. The first-order valence-corrected chi connectivity index (χ1v) is 3.72. The van der Waals surface area contributed by atoms with Crippen molar-refractivity contribution in [2.75, 3.05) is 0 Å². The van der Waals surface area contributed by atoms with E-state index in [1.165, 1.54) is 6.33 Å². The van der Waals surface area contributed by atoms with Crippen LogP contribution in [0.15, 0.2) is 18.5 Å². The van der Waals surface area contributed by atoms with E-state index < -0.39 is 17.5 Å². The third-order valence-corrected chi connectivity index (χ3v) is 1.83. The third-order valence-electron chi connectivity index (χ3n) is 1.83. The number of H-pyrrole nitrogens is 1. The number of imidazole rings is 1. The average molecular weight is 202 g/mol. The summed E-state index contributed by atoms with van der Waals surface area (Å²) in [6.07, 6.45) is -3.23. The molecule has 0 atom stereocenters. The van der Waals surface area contributed by atoms with Gasteiger partial charge in [-0.05, 0) is 12.1 Å². The molecule has 0 saturated heterocycles. The summed E-state index contributed by atoms with van der Waals surface area (Å²) < 4.78 is 36.8. The number of aromatic nitrogens is 2. The first kappa shape index (κ1) is 8.86. The number of benzene rings is 1. The highest BCUT2D eigenvalue weighted by atomic mass is 19.4. The number of hydrogen-bond donors (Lipinski definition) is 2. The van der Waals surface area contributed by atoms with Crippen molar-refractivity contribution in [2.45, 2.75) is 6.18 Å². The number of hydrogen-bond acceptors (Lipinski definition) is 2. The third kappa shape index (κ3) is 1.28. The largest absolute Gasteiger partial charge is 0.506 e. The average Bonchev–Trinajstić information content (AvgIpc) is 2.50. The Morgan fingerprint density at radius 2 is 2.00 bits per heavy atom. The Bertz CT molecular complexity index is 475. The Balaban J connectivity index is 2.70. The van der Waals surface area contributed by atoms with Crippen LogP contribution in [0.25, 0.3) is 11.0 Å². The quantitative estimate of drug-likeness (QED) is 0.688. The number of aromatic amines is 1. The van der Waals surface area contributed by atoms with Crippen LogP contribution in [0.3, 0.4) is 0 Å². The van der Waals surface area contributed by atoms with E-state index in [0.717, 1.165) is 6.07 Å². The van der Waals surface area contributed by atoms with Gasteiger partial charge >= 0.3 is 6.18 Å². The summed E-state index contributed by atoms with van der Waals surface area (Å²) in [5.74, 6) is -0.476. The lowest BCUT2D eigenvalue weighted by molar-refractivity contribution is -0.137. The van der Waals surface area contributed by atoms with Gasteiger partial charge in [-0.3, -0.25) is 0 Å². The molecule has 2 aromatic rings. The van der Waals surface area contributed by atoms with Gasteiger partial charge in [-0.15, -0.1) is 0 Å². The van der Waals surface area contributed by atoms with Crippen molar-refractivity contribution < 1.29 is 18.3 Å². The van der Waals surface area contributed by atoms with E-state index in [1.807, 2.05) is 0 Å². The highest BCUT2D eigenvalue weighted by Gasteiger charge is 2.31. The predicted octanol–water partition coefficient (Wildman–Crippen LogP) is 2.29. The van der Waals surface area contributed by atoms with E-state index >= 15 is 0 Å². The van der Waals surface area contributed by atoms with Crippen molar-refractivity contribution in [1.82, 2.24) is 9.97 Å². The number of nitrogens with zero attached hydrogens (tertiary/aromatic N) is 1. The van der Waals surface area contributed by atoms with E-state index in [2.05, 4.69) is 9.97 Å². The Kier molecular flexibility index (Phi) is 1.67. The molecule has 1 aromatic heterocycles. The molecular weight excluding hydrogens is 197 g/mol. The van der Waals surface area contributed by atoms with Crippen molar-refractivity contribution in [3.8, 4) is 5.75 Å². The summed E-state index contributed by atoms with van der Waals surface area (Å²) >= 11 is 0. The van der Waals surface area contributed by atoms with Crippen LogP contribution in [0, 0.1) is 0 Å². The van der Waals surface area contributed by atoms with Crippen molar-refractivity contribution in [2.24, 2.45) is 0 Å². The maximum Gasteiger partial charge on any atom is 0.416 e. The number of aromatic hydroxyl groups is 1. The number of nitrogens with one attached hydrogen (secondary N) is 1. The zero-order chi connectivity index (χ0) is 10.3. The number of phenolic OH excluding ortho intramolecular Hbond substituents is 1. The monoisotopic (exact) mass is 202 g/mol. The standard InChI is InChI=1S/C8H5F3N2O/c9-8(10,11)4-1-5-7(6(14)2-4)13-3-12-5/h1-3,14H,(H,12,13). The Morgan fingerprint density at radius 3 is 2.64 bits per heavy atom. The van der Waals surface area contributed by atoms with Gasteiger partial charge in [0.1, 0.15) is 11.3 Å². The predicted molar refractivity (Wildman–Crippen MR) is 42.8 cm³/mol. The second kappa shape index (κ2) is 2.63. The molecule has 0 amide bonds. The molecule has 0 radical (unpaired) electrons. The van der Waals surface area contributed by atoms with Gasteiger partial charge in [0.15, 0.2) is 0 Å². The fraction of sp³-hybridized carbons (Fsp3) is 0.125. The first-order valence-electron chi connectivity index (χ1n) is 3.72. The minimum absolute atomic E-state index is 0.137. The maximum absolute atomic E-state index is 12.3. The molecule has 0 spiro atoms. The van der Waals surface area contributed by atoms with Crippen LogP contribution in [0.4, 0.5) is 13.2 Å². The minimum Gasteiger partial charge on any atom is -0.506 e. The fourth-order valence-electron chi connectivity index (χ4n) is 1.19. The highest BCUT2D eigenvalue weighted by molar-refractivity contribution is 5.81. The minimum atomic E-state index is -4.46. The second-order valence-corrected chi connectivity index (χ2v) is 2.79. The van der Waals surface area contributed by atoms with E-state index in [9.17, 15) is 18.3 Å². The molecule has 74 valence electrons. The lowest BCUT2D eigenvalue weighted by Gasteiger charge is -2.06. The SMILES string of the molecule is Oc1cc(C(F)(F)F)cc2[nH]cnc12. The van der Waals surface area contributed by atoms with Crippen LogP contribution in [0.5, 0.6) is 5.75 Å². The summed E-state index contributed by atoms with van der Waals surface area (Å²) in [5.41, 5.74) is -0.595. The van der Waals surface area contributed by atoms with E-state index in [1.54, 1.807) is 0 Å². The number of phenols is 1. The number of rotatable bonds is 0. The summed E-state index contributed by atoms with van der Waals surface area (Å²) in [5, 5.41) is 9.22. The van der Waals surface area contributed by atoms with Gasteiger partial charge in [0, 0.05) is 0 Å². The summed E-state index contributed by atoms with van der Waals surface area (Å²) in [7, 11) is 0. The van der Waals surface area contributed by atoms with Crippen LogP contribution < -0.4 is 0 Å². The molecule has 0 unspecified atom stereocenters. The van der Waals surface area contributed by atoms with E-state index in [0.29, 0.717) is 6.07 Å². The van der Waals surface area contributed by atoms with Crippen LogP contribution >= 0.6 is 0 Å². The summed E-state index contributed by atoms with van der Waals surface area (Å²) in [6.45, 7) is 0. The van der Waals surface area contributed by atoms with Crippen LogP contribution in [-0.4, -0.2) is 15.1 Å². The number of halogens is 3. The number of fused-ring (bicyclic) bond motifs is 1. The Labute approximate surface area is 76.2 Å². The van der Waals surface area contributed by atoms with Crippen molar-refractivity contribution >= 4 is 11.0 Å². The first-order chi connectivity index (χ1) is 6.48. The van der Waals surface area contributed by atoms with E-state index in [-0.39, 0.29) is 11.0 Å². The van der Waals surface area contributed by atoms with Gasteiger partial charge in [0.05, 0.1) is 17.4 Å². The molecule has 0 aliphatic rings. The molecule has 1 heterocycles. The van der Waals surface area contributed by atoms with Gasteiger partial charge in [-0.1, -0.05) is 0 Å². The molecule has 14 heavy (non-hydrogen) atoms. The molecular formula is C8H5F3N2O. The normalized spacial score (nSPS) is 12.2. The molecule has 2 N–H and O–H groups in total. The molecule has 1 aromatic carbocycles. The second-order valence-electron chi connectivity index (χ2n) is 2.79. The molecule has 0 bridgehead atoms. The Hall–Kier alpha value is -1.72. The number of alkyl halides is 3. The van der Waals surface area contributed by atoms with Crippen LogP contribution in [0.2, 0.25) is 0 Å². The van der Waals surface area contributed by atoms with Crippen molar-refractivity contribution in [3.05, 3.63) is 24.0 Å². The van der Waals surface area contributed by atoms with Crippen molar-refractivity contribution in [1.29, 1.82) is 0 Å². The van der Waals surface area contributed by atoms with Crippen molar-refractivity contribution in [3.63, 3.8) is 0 Å². The smallest absolute Gasteiger partial charge is 0.416 e. The lowest BCUT2D eigenvalue weighted by Crippen LogP contribution is -2.04. The topological polar surface area (TPSA) is 48.9 Å². The molecule has 0 aliphatic heterocycles. The highest BCUT2D eigenvalue weighted by Crippen LogP contribution is 2.34. The zero-order valence-corrected chi connectivity index (χ0v) is 6.76. The molecule has 6 heteroatoms. The molecule has 0 fully saturated rings. The molecule has 2 rings (SSSR count). The molecule has 0 saturated carbocycles. The van der Waals surface area contributed by atoms with Gasteiger partial charge in [0.25, 0.3) is 0 Å². The fourth-order valence-corrected chi connectivity index (χ4v) is 1.19. The molecule has 3 nitrogen and oxygen atoms in total. The maximum atomic E-state index is 12.3. The van der Waals surface area contributed by atoms with E-state index in [4.69, 9.17) is 0 Å². The van der Waals surface area contributed by atoms with Crippen LogP contribution in [0.1, 0.15) is 5.56 Å². The molecule has 0 aliphatic carbocycles.